The normalized spacial score (nSPS) is 13.7. The first kappa shape index (κ1) is 30.0. The highest BCUT2D eigenvalue weighted by molar-refractivity contribution is 7.98. The lowest BCUT2D eigenvalue weighted by Crippen LogP contribution is -2.46. The molecule has 1 amide bonds. The van der Waals surface area contributed by atoms with Gasteiger partial charge in [0.1, 0.15) is 11.0 Å². The van der Waals surface area contributed by atoms with Crippen molar-refractivity contribution in [3.05, 3.63) is 111 Å². The van der Waals surface area contributed by atoms with Crippen LogP contribution in [0.15, 0.2) is 84.0 Å². The predicted octanol–water partition coefficient (Wildman–Crippen LogP) is 7.35. The van der Waals surface area contributed by atoms with Gasteiger partial charge in [-0.05, 0) is 59.7 Å². The van der Waals surface area contributed by atoms with Gasteiger partial charge in [-0.25, -0.2) is 9.97 Å². The molecule has 1 saturated heterocycles. The molecule has 3 aromatic carbocycles. The number of nitrogens with zero attached hydrogens (tertiary/aromatic N) is 4. The van der Waals surface area contributed by atoms with Gasteiger partial charge in [0.25, 0.3) is 5.91 Å². The van der Waals surface area contributed by atoms with Gasteiger partial charge in [0, 0.05) is 60.8 Å². The van der Waals surface area contributed by atoms with Crippen molar-refractivity contribution in [2.24, 2.45) is 0 Å². The number of carbonyl (C=O) groups excluding carboxylic acids is 1. The lowest BCUT2D eigenvalue weighted by atomic mass is 10.1. The fourth-order valence-electron chi connectivity index (χ4n) is 4.50. The van der Waals surface area contributed by atoms with Gasteiger partial charge in [0.15, 0.2) is 5.16 Å². The van der Waals surface area contributed by atoms with E-state index in [-0.39, 0.29) is 12.5 Å². The minimum Gasteiger partial charge on any atom is -0.368 e. The Morgan fingerprint density at radius 1 is 0.857 bits per heavy atom. The monoisotopic (exact) mass is 631 g/mol. The van der Waals surface area contributed by atoms with E-state index in [9.17, 15) is 18.0 Å². The Kier molecular flexibility index (Phi) is 9.45. The van der Waals surface area contributed by atoms with Crippen molar-refractivity contribution in [3.63, 3.8) is 0 Å². The molecule has 1 aromatic heterocycles. The number of hydrogen-bond donors (Lipinski definition) is 1. The Balaban J connectivity index is 1.13. The Labute approximate surface area is 255 Å². The van der Waals surface area contributed by atoms with E-state index < -0.39 is 11.7 Å². The van der Waals surface area contributed by atoms with Crippen molar-refractivity contribution < 1.29 is 18.0 Å². The van der Waals surface area contributed by atoms with Crippen molar-refractivity contribution in [1.29, 1.82) is 0 Å². The van der Waals surface area contributed by atoms with Crippen molar-refractivity contribution >= 4 is 52.4 Å². The molecule has 218 valence electrons. The van der Waals surface area contributed by atoms with Crippen LogP contribution in [-0.2, 0) is 18.5 Å². The number of halogens is 5. The minimum absolute atomic E-state index is 0.00896. The van der Waals surface area contributed by atoms with Crippen LogP contribution in [0.5, 0.6) is 0 Å². The molecule has 1 fully saturated rings. The quantitative estimate of drug-likeness (QED) is 0.125. The summed E-state index contributed by atoms with van der Waals surface area (Å²) in [6.07, 6.45) is -4.43. The molecule has 12 heteroatoms. The maximum absolute atomic E-state index is 12.9. The van der Waals surface area contributed by atoms with E-state index >= 15 is 0 Å². The number of aromatic nitrogens is 2. The third-order valence-electron chi connectivity index (χ3n) is 6.75. The molecule has 42 heavy (non-hydrogen) atoms. The third-order valence-corrected chi connectivity index (χ3v) is 8.11. The van der Waals surface area contributed by atoms with Crippen LogP contribution in [0.1, 0.15) is 27.0 Å². The minimum atomic E-state index is -4.43. The summed E-state index contributed by atoms with van der Waals surface area (Å²) in [5.41, 5.74) is 2.13. The van der Waals surface area contributed by atoms with Gasteiger partial charge in [0.05, 0.1) is 5.56 Å². The second-order valence-corrected chi connectivity index (χ2v) is 11.4. The van der Waals surface area contributed by atoms with E-state index in [0.717, 1.165) is 55.4 Å². The van der Waals surface area contributed by atoms with Crippen LogP contribution in [0.3, 0.4) is 0 Å². The van der Waals surface area contributed by atoms with Gasteiger partial charge in [-0.15, -0.1) is 0 Å². The molecule has 0 radical (unpaired) electrons. The maximum atomic E-state index is 12.9. The van der Waals surface area contributed by atoms with Gasteiger partial charge in [0.2, 0.25) is 0 Å². The summed E-state index contributed by atoms with van der Waals surface area (Å²) in [6, 6.07) is 21.5. The molecule has 1 N–H and O–H groups in total. The number of amides is 1. The van der Waals surface area contributed by atoms with Crippen LogP contribution in [0.2, 0.25) is 10.2 Å². The van der Waals surface area contributed by atoms with Crippen LogP contribution in [-0.4, -0.2) is 42.1 Å². The Morgan fingerprint density at radius 2 is 1.55 bits per heavy atom. The van der Waals surface area contributed by atoms with Crippen molar-refractivity contribution in [2.45, 2.75) is 23.6 Å². The van der Waals surface area contributed by atoms with Crippen LogP contribution >= 0.6 is 35.0 Å². The van der Waals surface area contributed by atoms with Crippen LogP contribution in [0.4, 0.5) is 24.7 Å². The molecule has 1 aliphatic heterocycles. The van der Waals surface area contributed by atoms with Crippen molar-refractivity contribution in [2.75, 3.05) is 36.0 Å². The number of piperazine rings is 1. The molecule has 0 spiro atoms. The molecule has 4 aromatic rings. The van der Waals surface area contributed by atoms with Crippen molar-refractivity contribution in [1.82, 2.24) is 15.3 Å². The number of anilines is 2. The molecule has 0 bridgehead atoms. The smallest absolute Gasteiger partial charge is 0.368 e. The zero-order valence-corrected chi connectivity index (χ0v) is 24.6. The van der Waals surface area contributed by atoms with E-state index in [1.54, 1.807) is 24.3 Å². The Bertz CT molecular complexity index is 1530. The van der Waals surface area contributed by atoms with Gasteiger partial charge in [-0.1, -0.05) is 59.2 Å². The van der Waals surface area contributed by atoms with Crippen molar-refractivity contribution in [3.8, 4) is 0 Å². The number of benzene rings is 3. The second kappa shape index (κ2) is 13.2. The largest absolute Gasteiger partial charge is 0.416 e. The summed E-state index contributed by atoms with van der Waals surface area (Å²) >= 11 is 13.8. The van der Waals surface area contributed by atoms with Gasteiger partial charge < -0.3 is 15.1 Å². The number of thioether (sulfide) groups is 1. The van der Waals surface area contributed by atoms with E-state index in [2.05, 4.69) is 20.1 Å². The first-order chi connectivity index (χ1) is 20.1. The summed E-state index contributed by atoms with van der Waals surface area (Å²) in [7, 11) is 0. The molecule has 0 unspecified atom stereocenters. The first-order valence-corrected chi connectivity index (χ1v) is 14.8. The summed E-state index contributed by atoms with van der Waals surface area (Å²) in [5.74, 6) is 0.975. The first-order valence-electron chi connectivity index (χ1n) is 13.1. The molecule has 1 aliphatic rings. The molecule has 6 nitrogen and oxygen atoms in total. The van der Waals surface area contributed by atoms with Crippen LogP contribution in [0.25, 0.3) is 0 Å². The van der Waals surface area contributed by atoms with E-state index in [1.165, 1.54) is 17.8 Å². The highest BCUT2D eigenvalue weighted by atomic mass is 35.5. The summed E-state index contributed by atoms with van der Waals surface area (Å²) < 4.78 is 38.8. The summed E-state index contributed by atoms with van der Waals surface area (Å²) in [4.78, 5) is 26.1. The Hall–Kier alpha value is -3.47. The maximum Gasteiger partial charge on any atom is 0.416 e. The molecule has 0 atom stereocenters. The second-order valence-electron chi connectivity index (χ2n) is 9.65. The molecular formula is C30H26Cl2F3N5OS. The SMILES string of the molecule is O=C(NCc1cccc(C(F)(F)F)c1)c1ccc(CSc2nc(Cl)cc(N3CCN(c4ccc(Cl)cc4)CC3)n2)cc1. The molecular weight excluding hydrogens is 606 g/mol. The lowest BCUT2D eigenvalue weighted by Gasteiger charge is -2.36. The standard InChI is InChI=1S/C30H26Cl2F3N5OS/c31-24-8-10-25(11-9-24)39-12-14-40(15-13-39)27-17-26(32)37-29(38-27)42-19-20-4-6-22(7-5-20)28(41)36-18-21-2-1-3-23(16-21)30(33,34)35/h1-11,16-17H,12-15,18-19H2,(H,36,41). The molecule has 0 aliphatic carbocycles. The Morgan fingerprint density at radius 3 is 2.24 bits per heavy atom. The third kappa shape index (κ3) is 7.87. The number of rotatable bonds is 8. The topological polar surface area (TPSA) is 61.4 Å². The lowest BCUT2D eigenvalue weighted by molar-refractivity contribution is -0.137. The fourth-order valence-corrected chi connectivity index (χ4v) is 5.66. The summed E-state index contributed by atoms with van der Waals surface area (Å²) in [5, 5.41) is 4.31. The van der Waals surface area contributed by atoms with Crippen LogP contribution < -0.4 is 15.1 Å². The van der Waals surface area contributed by atoms with Gasteiger partial charge in [-0.2, -0.15) is 13.2 Å². The fraction of sp³-hybridized carbons (Fsp3) is 0.233. The van der Waals surface area contributed by atoms with E-state index in [4.69, 9.17) is 28.2 Å². The van der Waals surface area contributed by atoms with Gasteiger partial charge >= 0.3 is 6.18 Å². The number of carbonyl (C=O) groups is 1. The summed E-state index contributed by atoms with van der Waals surface area (Å²) in [6.45, 7) is 3.25. The predicted molar refractivity (Wildman–Crippen MR) is 162 cm³/mol. The average molecular weight is 633 g/mol. The zero-order chi connectivity index (χ0) is 29.7. The highest BCUT2D eigenvalue weighted by Crippen LogP contribution is 2.30. The zero-order valence-electron chi connectivity index (χ0n) is 22.2. The number of hydrogen-bond acceptors (Lipinski definition) is 6. The molecule has 0 saturated carbocycles. The van der Waals surface area contributed by atoms with E-state index in [0.29, 0.717) is 32.2 Å². The number of alkyl halides is 3. The molecule has 5 rings (SSSR count). The average Bonchev–Trinajstić information content (AvgIpc) is 2.99. The van der Waals surface area contributed by atoms with Gasteiger partial charge in [-0.3, -0.25) is 4.79 Å². The number of nitrogens with one attached hydrogen (secondary N) is 1. The van der Waals surface area contributed by atoms with Crippen LogP contribution in [0, 0.1) is 0 Å². The van der Waals surface area contributed by atoms with E-state index in [1.807, 2.05) is 36.4 Å². The molecule has 2 heterocycles. The highest BCUT2D eigenvalue weighted by Gasteiger charge is 2.30.